The van der Waals surface area contributed by atoms with Gasteiger partial charge in [-0.25, -0.2) is 0 Å². The van der Waals surface area contributed by atoms with E-state index in [4.69, 9.17) is 0 Å². The molecule has 1 aromatic heterocycles. The molecule has 0 bridgehead atoms. The Kier molecular flexibility index (Phi) is 7.81. The molecule has 2 aliphatic heterocycles. The summed E-state index contributed by atoms with van der Waals surface area (Å²) >= 11 is 0. The van der Waals surface area contributed by atoms with E-state index < -0.39 is 5.92 Å². The van der Waals surface area contributed by atoms with Gasteiger partial charge in [0.05, 0.1) is 5.69 Å². The van der Waals surface area contributed by atoms with Crippen molar-refractivity contribution in [2.45, 2.75) is 12.8 Å². The van der Waals surface area contributed by atoms with Gasteiger partial charge in [0, 0.05) is 66.8 Å². The van der Waals surface area contributed by atoms with E-state index in [2.05, 4.69) is 49.6 Å². The number of aromatic nitrogens is 1. The average Bonchev–Trinajstić information content (AvgIpc) is 3.34. The number of nitrogens with zero attached hydrogens (tertiary/aromatic N) is 4. The smallest absolute Gasteiger partial charge is 0.274 e. The largest absolute Gasteiger partial charge is 0.369 e. The van der Waals surface area contributed by atoms with Gasteiger partial charge in [0.25, 0.3) is 5.91 Å². The molecule has 2 aliphatic rings. The van der Waals surface area contributed by atoms with Crippen LogP contribution in [0.25, 0.3) is 0 Å². The Morgan fingerprint density at radius 3 is 2.49 bits per heavy atom. The maximum Gasteiger partial charge on any atom is 0.274 e. The van der Waals surface area contributed by atoms with Crippen molar-refractivity contribution in [1.29, 1.82) is 0 Å². The summed E-state index contributed by atoms with van der Waals surface area (Å²) in [4.78, 5) is 52.3. The predicted octanol–water partition coefficient (Wildman–Crippen LogP) is 5.06. The number of pyridine rings is 1. The predicted molar refractivity (Wildman–Crippen MR) is 169 cm³/mol. The van der Waals surface area contributed by atoms with Crippen LogP contribution in [0.5, 0.6) is 0 Å². The quantitative estimate of drug-likeness (QED) is 0.237. The van der Waals surface area contributed by atoms with E-state index in [0.717, 1.165) is 43.0 Å². The number of aliphatic imine (C=N–C) groups is 1. The molecule has 3 aromatic carbocycles. The van der Waals surface area contributed by atoms with E-state index in [1.165, 1.54) is 5.69 Å². The molecule has 1 atom stereocenters. The molecular weight excluding hydrogens is 540 g/mol. The van der Waals surface area contributed by atoms with Gasteiger partial charge in [-0.3, -0.25) is 24.4 Å². The molecule has 0 aliphatic carbocycles. The second kappa shape index (κ2) is 12.0. The highest BCUT2D eigenvalue weighted by Gasteiger charge is 2.30. The van der Waals surface area contributed by atoms with Crippen LogP contribution in [0, 0.1) is 6.92 Å². The second-order valence-corrected chi connectivity index (χ2v) is 10.9. The van der Waals surface area contributed by atoms with Crippen LogP contribution in [0.15, 0.2) is 90.1 Å². The second-order valence-electron chi connectivity index (χ2n) is 10.9. The lowest BCUT2D eigenvalue weighted by atomic mass is 9.97. The normalized spacial score (nSPS) is 16.7. The van der Waals surface area contributed by atoms with Crippen molar-refractivity contribution in [3.05, 3.63) is 113 Å². The number of likely N-dealkylation sites (N-methyl/N-ethyl adjacent to an activating group) is 1. The van der Waals surface area contributed by atoms with E-state index in [1.54, 1.807) is 60.9 Å². The molecule has 9 heteroatoms. The van der Waals surface area contributed by atoms with Crippen molar-refractivity contribution in [3.8, 4) is 0 Å². The van der Waals surface area contributed by atoms with Gasteiger partial charge in [0.15, 0.2) is 5.78 Å². The number of carbonyl (C=O) groups is 3. The SMILES string of the molecule is Cc1cccnc1C(=O)Nc1cccc(C(=O)c2ccc3c(c2)NC(=O)C3C=Nc2ccc(N3CCN(C)CC3)cc2)c1. The molecule has 9 nitrogen and oxygen atoms in total. The molecule has 0 radical (unpaired) electrons. The van der Waals surface area contributed by atoms with Crippen LogP contribution in [-0.4, -0.2) is 66.9 Å². The van der Waals surface area contributed by atoms with E-state index >= 15 is 0 Å². The minimum absolute atomic E-state index is 0.188. The molecule has 3 heterocycles. The molecule has 216 valence electrons. The molecule has 4 aromatic rings. The van der Waals surface area contributed by atoms with E-state index in [0.29, 0.717) is 28.2 Å². The summed E-state index contributed by atoms with van der Waals surface area (Å²) < 4.78 is 0. The number of benzene rings is 3. The van der Waals surface area contributed by atoms with Gasteiger partial charge in [-0.2, -0.15) is 0 Å². The number of carbonyl (C=O) groups excluding carboxylic acids is 3. The van der Waals surface area contributed by atoms with Crippen molar-refractivity contribution in [1.82, 2.24) is 9.88 Å². The molecule has 6 rings (SSSR count). The van der Waals surface area contributed by atoms with Crippen LogP contribution in [0.2, 0.25) is 0 Å². The average molecular weight is 573 g/mol. The topological polar surface area (TPSA) is 107 Å². The summed E-state index contributed by atoms with van der Waals surface area (Å²) in [7, 11) is 2.14. The van der Waals surface area contributed by atoms with E-state index in [9.17, 15) is 14.4 Å². The summed E-state index contributed by atoms with van der Waals surface area (Å²) in [6, 6.07) is 23.6. The Morgan fingerprint density at radius 2 is 1.72 bits per heavy atom. The molecule has 2 amide bonds. The molecule has 0 saturated carbocycles. The first-order valence-corrected chi connectivity index (χ1v) is 14.3. The number of rotatable bonds is 7. The summed E-state index contributed by atoms with van der Waals surface area (Å²) in [5, 5.41) is 5.71. The summed E-state index contributed by atoms with van der Waals surface area (Å²) in [6.45, 7) is 5.89. The molecule has 1 fully saturated rings. The summed E-state index contributed by atoms with van der Waals surface area (Å²) in [5.74, 6) is -1.31. The molecular formula is C34H32N6O3. The third-order valence-corrected chi connectivity index (χ3v) is 7.89. The minimum Gasteiger partial charge on any atom is -0.369 e. The third-order valence-electron chi connectivity index (χ3n) is 7.89. The van der Waals surface area contributed by atoms with Gasteiger partial charge in [-0.05, 0) is 73.6 Å². The number of fused-ring (bicyclic) bond motifs is 1. The minimum atomic E-state index is -0.551. The van der Waals surface area contributed by atoms with Crippen LogP contribution in [0.4, 0.5) is 22.7 Å². The Bertz CT molecular complexity index is 1720. The Labute approximate surface area is 250 Å². The fourth-order valence-corrected chi connectivity index (χ4v) is 5.37. The van der Waals surface area contributed by atoms with E-state index in [-0.39, 0.29) is 17.6 Å². The highest BCUT2D eigenvalue weighted by molar-refractivity contribution is 6.15. The maximum atomic E-state index is 13.4. The highest BCUT2D eigenvalue weighted by Crippen LogP contribution is 2.33. The van der Waals surface area contributed by atoms with Crippen LogP contribution in [0.3, 0.4) is 0 Å². The van der Waals surface area contributed by atoms with Crippen molar-refractivity contribution in [2.75, 3.05) is 48.8 Å². The van der Waals surface area contributed by atoms with Crippen LogP contribution in [-0.2, 0) is 4.79 Å². The Morgan fingerprint density at radius 1 is 0.953 bits per heavy atom. The van der Waals surface area contributed by atoms with Crippen molar-refractivity contribution in [2.24, 2.45) is 4.99 Å². The molecule has 0 spiro atoms. The zero-order valence-corrected chi connectivity index (χ0v) is 24.1. The lowest BCUT2D eigenvalue weighted by Gasteiger charge is -2.34. The summed E-state index contributed by atoms with van der Waals surface area (Å²) in [6.07, 6.45) is 3.22. The number of piperazine rings is 1. The van der Waals surface area contributed by atoms with Gasteiger partial charge < -0.3 is 20.4 Å². The van der Waals surface area contributed by atoms with Gasteiger partial charge in [-0.1, -0.05) is 30.3 Å². The molecule has 2 N–H and O–H groups in total. The Hall–Kier alpha value is -5.15. The maximum absolute atomic E-state index is 13.4. The fourth-order valence-electron chi connectivity index (χ4n) is 5.37. The number of hydrogen-bond acceptors (Lipinski definition) is 7. The Balaban J connectivity index is 1.14. The zero-order chi connectivity index (χ0) is 29.9. The number of aryl methyl sites for hydroxylation is 1. The highest BCUT2D eigenvalue weighted by atomic mass is 16.2. The van der Waals surface area contributed by atoms with Crippen molar-refractivity contribution < 1.29 is 14.4 Å². The van der Waals surface area contributed by atoms with Crippen molar-refractivity contribution in [3.63, 3.8) is 0 Å². The zero-order valence-electron chi connectivity index (χ0n) is 24.1. The summed E-state index contributed by atoms with van der Waals surface area (Å²) in [5.41, 5.74) is 5.73. The third kappa shape index (κ3) is 6.07. The van der Waals surface area contributed by atoms with E-state index in [1.807, 2.05) is 25.1 Å². The number of nitrogens with one attached hydrogen (secondary N) is 2. The van der Waals surface area contributed by atoms with Gasteiger partial charge in [-0.15, -0.1) is 0 Å². The van der Waals surface area contributed by atoms with Crippen LogP contribution >= 0.6 is 0 Å². The first-order valence-electron chi connectivity index (χ1n) is 14.3. The van der Waals surface area contributed by atoms with Gasteiger partial charge in [0.2, 0.25) is 5.91 Å². The van der Waals surface area contributed by atoms with Crippen LogP contribution < -0.4 is 15.5 Å². The number of anilines is 3. The number of hydrogen-bond donors (Lipinski definition) is 2. The first-order chi connectivity index (χ1) is 20.9. The lowest BCUT2D eigenvalue weighted by Crippen LogP contribution is -2.44. The monoisotopic (exact) mass is 572 g/mol. The van der Waals surface area contributed by atoms with Gasteiger partial charge in [0.1, 0.15) is 11.6 Å². The fraction of sp³-hybridized carbons (Fsp3) is 0.206. The number of ketones is 1. The molecule has 1 saturated heterocycles. The number of amides is 2. The first kappa shape index (κ1) is 28.0. The standard InChI is InChI=1S/C34H32N6O3/c1-22-5-4-14-35-31(22)34(43)37-26-7-3-6-23(19-26)32(41)24-8-13-28-29(33(42)38-30(28)20-24)21-36-25-9-11-27(12-10-25)40-17-15-39(2)16-18-40/h3-14,19-21,29H,15-18H2,1-2H3,(H,37,43)(H,38,42). The molecule has 1 unspecified atom stereocenters. The van der Waals surface area contributed by atoms with Gasteiger partial charge >= 0.3 is 0 Å². The lowest BCUT2D eigenvalue weighted by molar-refractivity contribution is -0.115. The molecule has 43 heavy (non-hydrogen) atoms. The van der Waals surface area contributed by atoms with Crippen LogP contribution in [0.1, 0.15) is 43.5 Å². The van der Waals surface area contributed by atoms with Crippen molar-refractivity contribution >= 4 is 46.6 Å².